The standard InChI is InChI=1S/C25H32ClN3O4S/c1-33-23-10-9-21(17-24(23)34(31,32)29-13-5-2-6-14-29)27-25(30)19-11-15-28(16-12-19)18-20-7-3-4-8-22(20)26/h3-4,7-10,17,19H,2,5-6,11-16,18H2,1H3,(H,27,30). The number of hydrogen-bond acceptors (Lipinski definition) is 5. The van der Waals surface area contributed by atoms with Crippen molar-refractivity contribution in [2.45, 2.75) is 43.5 Å². The molecule has 4 rings (SSSR count). The molecule has 0 radical (unpaired) electrons. The maximum Gasteiger partial charge on any atom is 0.246 e. The number of likely N-dealkylation sites (tertiary alicyclic amines) is 1. The molecule has 7 nitrogen and oxygen atoms in total. The van der Waals surface area contributed by atoms with E-state index in [1.807, 2.05) is 24.3 Å². The van der Waals surface area contributed by atoms with E-state index in [0.29, 0.717) is 18.8 Å². The van der Waals surface area contributed by atoms with Crippen molar-refractivity contribution in [2.75, 3.05) is 38.6 Å². The summed E-state index contributed by atoms with van der Waals surface area (Å²) in [5.41, 5.74) is 1.56. The van der Waals surface area contributed by atoms with Gasteiger partial charge < -0.3 is 10.1 Å². The molecule has 2 aliphatic rings. The van der Waals surface area contributed by atoms with E-state index in [9.17, 15) is 13.2 Å². The van der Waals surface area contributed by atoms with Gasteiger partial charge in [-0.2, -0.15) is 4.31 Å². The summed E-state index contributed by atoms with van der Waals surface area (Å²) in [6.45, 7) is 3.40. The molecule has 1 N–H and O–H groups in total. The Hall–Kier alpha value is -2.13. The molecule has 0 bridgehead atoms. The Balaban J connectivity index is 1.39. The van der Waals surface area contributed by atoms with Crippen molar-refractivity contribution < 1.29 is 17.9 Å². The molecule has 184 valence electrons. The molecule has 0 aromatic heterocycles. The van der Waals surface area contributed by atoms with Gasteiger partial charge in [0.1, 0.15) is 10.6 Å². The molecule has 2 saturated heterocycles. The number of nitrogens with zero attached hydrogens (tertiary/aromatic N) is 2. The summed E-state index contributed by atoms with van der Waals surface area (Å²) in [5, 5.41) is 3.70. The smallest absolute Gasteiger partial charge is 0.246 e. The molecule has 34 heavy (non-hydrogen) atoms. The van der Waals surface area contributed by atoms with Crippen molar-refractivity contribution >= 4 is 33.2 Å². The van der Waals surface area contributed by atoms with Crippen LogP contribution in [-0.4, -0.2) is 56.8 Å². The van der Waals surface area contributed by atoms with Gasteiger partial charge in [0, 0.05) is 36.3 Å². The highest BCUT2D eigenvalue weighted by Gasteiger charge is 2.30. The van der Waals surface area contributed by atoms with E-state index < -0.39 is 10.0 Å². The first kappa shape index (κ1) is 25.0. The first-order valence-corrected chi connectivity index (χ1v) is 13.6. The molecule has 0 saturated carbocycles. The second-order valence-corrected chi connectivity index (χ2v) is 11.3. The predicted molar refractivity (Wildman–Crippen MR) is 134 cm³/mol. The average molecular weight is 506 g/mol. The zero-order valence-electron chi connectivity index (χ0n) is 19.5. The number of sulfonamides is 1. The fraction of sp³-hybridized carbons (Fsp3) is 0.480. The van der Waals surface area contributed by atoms with Gasteiger partial charge in [-0.15, -0.1) is 0 Å². The average Bonchev–Trinajstić information content (AvgIpc) is 2.86. The van der Waals surface area contributed by atoms with Crippen LogP contribution in [0.1, 0.15) is 37.7 Å². The third-order valence-corrected chi connectivity index (χ3v) is 8.96. The molecule has 9 heteroatoms. The van der Waals surface area contributed by atoms with Crippen molar-refractivity contribution in [3.63, 3.8) is 0 Å². The number of halogens is 1. The number of methoxy groups -OCH3 is 1. The summed E-state index contributed by atoms with van der Waals surface area (Å²) in [7, 11) is -2.23. The topological polar surface area (TPSA) is 79.0 Å². The Morgan fingerprint density at radius 2 is 1.76 bits per heavy atom. The minimum Gasteiger partial charge on any atom is -0.495 e. The fourth-order valence-electron chi connectivity index (χ4n) is 4.67. The van der Waals surface area contributed by atoms with E-state index in [1.165, 1.54) is 17.5 Å². The highest BCUT2D eigenvalue weighted by atomic mass is 35.5. The molecule has 2 heterocycles. The van der Waals surface area contributed by atoms with Crippen LogP contribution in [0.25, 0.3) is 0 Å². The Kier molecular flexibility index (Phi) is 8.14. The fourth-order valence-corrected chi connectivity index (χ4v) is 6.56. The van der Waals surface area contributed by atoms with Crippen LogP contribution in [0.3, 0.4) is 0 Å². The van der Waals surface area contributed by atoms with Gasteiger partial charge in [-0.3, -0.25) is 9.69 Å². The zero-order chi connectivity index (χ0) is 24.1. The van der Waals surface area contributed by atoms with E-state index in [4.69, 9.17) is 16.3 Å². The molecular weight excluding hydrogens is 474 g/mol. The molecule has 2 fully saturated rings. The van der Waals surface area contributed by atoms with Gasteiger partial charge in [-0.1, -0.05) is 36.2 Å². The SMILES string of the molecule is COc1ccc(NC(=O)C2CCN(Cc3ccccc3Cl)CC2)cc1S(=O)(=O)N1CCCCC1. The van der Waals surface area contributed by atoms with Gasteiger partial charge in [0.05, 0.1) is 7.11 Å². The minimum atomic E-state index is -3.69. The number of nitrogens with one attached hydrogen (secondary N) is 1. The number of rotatable bonds is 7. The van der Waals surface area contributed by atoms with Crippen molar-refractivity contribution in [3.8, 4) is 5.75 Å². The number of amides is 1. The van der Waals surface area contributed by atoms with Crippen molar-refractivity contribution in [1.82, 2.24) is 9.21 Å². The number of piperidine rings is 2. The van der Waals surface area contributed by atoms with Crippen LogP contribution in [0.5, 0.6) is 5.75 Å². The molecule has 0 aliphatic carbocycles. The van der Waals surface area contributed by atoms with Gasteiger partial charge in [-0.25, -0.2) is 8.42 Å². The van der Waals surface area contributed by atoms with Crippen LogP contribution in [0.2, 0.25) is 5.02 Å². The van der Waals surface area contributed by atoms with Gasteiger partial charge in [0.2, 0.25) is 15.9 Å². The lowest BCUT2D eigenvalue weighted by atomic mass is 9.95. The van der Waals surface area contributed by atoms with E-state index in [1.54, 1.807) is 12.1 Å². The molecule has 1 amide bonds. The molecule has 2 aromatic carbocycles. The maximum atomic E-state index is 13.2. The number of hydrogen-bond donors (Lipinski definition) is 1. The quantitative estimate of drug-likeness (QED) is 0.604. The van der Waals surface area contributed by atoms with Crippen molar-refractivity contribution in [1.29, 1.82) is 0 Å². The van der Waals surface area contributed by atoms with Gasteiger partial charge in [-0.05, 0) is 68.6 Å². The van der Waals surface area contributed by atoms with Gasteiger partial charge in [0.15, 0.2) is 0 Å². The van der Waals surface area contributed by atoms with E-state index in [0.717, 1.165) is 62.3 Å². The number of benzene rings is 2. The number of anilines is 1. The van der Waals surface area contributed by atoms with Crippen molar-refractivity contribution in [2.24, 2.45) is 5.92 Å². The van der Waals surface area contributed by atoms with Crippen LogP contribution in [-0.2, 0) is 21.4 Å². The molecule has 0 unspecified atom stereocenters. The monoisotopic (exact) mass is 505 g/mol. The minimum absolute atomic E-state index is 0.0797. The lowest BCUT2D eigenvalue weighted by Crippen LogP contribution is -2.38. The molecule has 2 aromatic rings. The van der Waals surface area contributed by atoms with Crippen molar-refractivity contribution in [3.05, 3.63) is 53.1 Å². The molecule has 0 spiro atoms. The molecular formula is C25H32ClN3O4S. The third kappa shape index (κ3) is 5.74. The van der Waals surface area contributed by atoms with E-state index in [-0.39, 0.29) is 22.5 Å². The highest BCUT2D eigenvalue weighted by Crippen LogP contribution is 2.32. The lowest BCUT2D eigenvalue weighted by Gasteiger charge is -2.31. The summed E-state index contributed by atoms with van der Waals surface area (Å²) in [6.07, 6.45) is 4.23. The van der Waals surface area contributed by atoms with Crippen LogP contribution >= 0.6 is 11.6 Å². The van der Waals surface area contributed by atoms with Crippen LogP contribution in [0.4, 0.5) is 5.69 Å². The Morgan fingerprint density at radius 1 is 1.06 bits per heavy atom. The highest BCUT2D eigenvalue weighted by molar-refractivity contribution is 7.89. The Bertz CT molecular complexity index is 1110. The van der Waals surface area contributed by atoms with E-state index >= 15 is 0 Å². The number of carbonyl (C=O) groups is 1. The number of carbonyl (C=O) groups excluding carboxylic acids is 1. The van der Waals surface area contributed by atoms with Crippen LogP contribution < -0.4 is 10.1 Å². The second-order valence-electron chi connectivity index (χ2n) is 8.96. The first-order valence-electron chi connectivity index (χ1n) is 11.8. The Labute approximate surface area is 207 Å². The molecule has 2 aliphatic heterocycles. The zero-order valence-corrected chi connectivity index (χ0v) is 21.1. The third-order valence-electron chi connectivity index (χ3n) is 6.67. The number of ether oxygens (including phenoxy) is 1. The summed E-state index contributed by atoms with van der Waals surface area (Å²) >= 11 is 6.28. The lowest BCUT2D eigenvalue weighted by molar-refractivity contribution is -0.121. The largest absolute Gasteiger partial charge is 0.495 e. The summed E-state index contributed by atoms with van der Waals surface area (Å²) in [6, 6.07) is 12.6. The summed E-state index contributed by atoms with van der Waals surface area (Å²) in [5.74, 6) is 0.0899. The molecule has 0 atom stereocenters. The van der Waals surface area contributed by atoms with E-state index in [2.05, 4.69) is 10.2 Å². The Morgan fingerprint density at radius 3 is 2.44 bits per heavy atom. The predicted octanol–water partition coefficient (Wildman–Crippen LogP) is 4.37. The summed E-state index contributed by atoms with van der Waals surface area (Å²) < 4.78 is 33.3. The second kappa shape index (κ2) is 11.1. The van der Waals surface area contributed by atoms with Gasteiger partial charge in [0.25, 0.3) is 0 Å². The summed E-state index contributed by atoms with van der Waals surface area (Å²) in [4.78, 5) is 15.4. The maximum absolute atomic E-state index is 13.2. The van der Waals surface area contributed by atoms with Gasteiger partial charge >= 0.3 is 0 Å². The normalized spacial score (nSPS) is 18.5. The van der Waals surface area contributed by atoms with Crippen LogP contribution in [0.15, 0.2) is 47.4 Å². The van der Waals surface area contributed by atoms with Crippen LogP contribution in [0, 0.1) is 5.92 Å². The first-order chi connectivity index (χ1) is 16.4.